The lowest BCUT2D eigenvalue weighted by Crippen LogP contribution is -1.93. The van der Waals surface area contributed by atoms with Gasteiger partial charge >= 0.3 is 0 Å². The van der Waals surface area contributed by atoms with E-state index >= 15 is 0 Å². The van der Waals surface area contributed by atoms with E-state index in [9.17, 15) is 0 Å². The summed E-state index contributed by atoms with van der Waals surface area (Å²) in [7, 11) is 1.66. The maximum Gasteiger partial charge on any atom is 0.131 e. The molecule has 1 aromatic carbocycles. The first kappa shape index (κ1) is 11.7. The van der Waals surface area contributed by atoms with Crippen LogP contribution in [0.3, 0.4) is 0 Å². The summed E-state index contributed by atoms with van der Waals surface area (Å²) < 4.78 is 5.21. The molecule has 0 bridgehead atoms. The van der Waals surface area contributed by atoms with Crippen molar-refractivity contribution in [2.24, 2.45) is 0 Å². The monoisotopic (exact) mass is 248 g/mol. The predicted octanol–water partition coefficient (Wildman–Crippen LogP) is 3.80. The Morgan fingerprint density at radius 3 is 2.59 bits per heavy atom. The van der Waals surface area contributed by atoms with Crippen LogP contribution < -0.4 is 10.1 Å². The fraction of sp³-hybridized carbons (Fsp3) is 0.154. The summed E-state index contributed by atoms with van der Waals surface area (Å²) in [5.41, 5.74) is 2.98. The maximum atomic E-state index is 5.82. The molecule has 0 spiro atoms. The zero-order valence-electron chi connectivity index (χ0n) is 9.70. The van der Waals surface area contributed by atoms with Crippen molar-refractivity contribution in [3.8, 4) is 5.75 Å². The molecule has 1 aromatic heterocycles. The third-order valence-corrected chi connectivity index (χ3v) is 2.62. The van der Waals surface area contributed by atoms with Crippen LogP contribution >= 0.6 is 11.6 Å². The first-order valence-electron chi connectivity index (χ1n) is 5.22. The van der Waals surface area contributed by atoms with Gasteiger partial charge in [0.25, 0.3) is 0 Å². The van der Waals surface area contributed by atoms with Crippen molar-refractivity contribution in [2.75, 3.05) is 12.4 Å². The van der Waals surface area contributed by atoms with E-state index < -0.39 is 0 Å². The van der Waals surface area contributed by atoms with Crippen LogP contribution in [0.15, 0.2) is 36.5 Å². The van der Waals surface area contributed by atoms with E-state index in [0.29, 0.717) is 5.15 Å². The molecule has 2 rings (SSSR count). The zero-order chi connectivity index (χ0) is 12.3. The number of ether oxygens (including phenoxy) is 1. The number of anilines is 2. The molecule has 0 saturated carbocycles. The fourth-order valence-electron chi connectivity index (χ4n) is 1.60. The highest BCUT2D eigenvalue weighted by Gasteiger charge is 2.00. The van der Waals surface area contributed by atoms with Gasteiger partial charge in [-0.15, -0.1) is 0 Å². The number of benzene rings is 1. The number of halogens is 1. The van der Waals surface area contributed by atoms with Gasteiger partial charge in [-0.25, -0.2) is 4.98 Å². The molecular weight excluding hydrogens is 236 g/mol. The van der Waals surface area contributed by atoms with E-state index in [-0.39, 0.29) is 0 Å². The molecule has 17 heavy (non-hydrogen) atoms. The Kier molecular flexibility index (Phi) is 3.49. The van der Waals surface area contributed by atoms with Gasteiger partial charge in [-0.1, -0.05) is 11.6 Å². The van der Waals surface area contributed by atoms with Gasteiger partial charge < -0.3 is 10.1 Å². The van der Waals surface area contributed by atoms with Crippen LogP contribution in [0.1, 0.15) is 5.56 Å². The molecule has 0 unspecified atom stereocenters. The van der Waals surface area contributed by atoms with Crippen LogP contribution in [0.25, 0.3) is 0 Å². The van der Waals surface area contributed by atoms with E-state index in [1.165, 1.54) is 0 Å². The number of aryl methyl sites for hydroxylation is 1. The molecule has 0 aliphatic carbocycles. The summed E-state index contributed by atoms with van der Waals surface area (Å²) in [5, 5.41) is 3.73. The molecule has 0 atom stereocenters. The number of rotatable bonds is 3. The highest BCUT2D eigenvalue weighted by molar-refractivity contribution is 6.29. The number of aromatic nitrogens is 1. The van der Waals surface area contributed by atoms with E-state index in [4.69, 9.17) is 16.3 Å². The molecule has 4 heteroatoms. The van der Waals surface area contributed by atoms with Gasteiger partial charge in [0.1, 0.15) is 10.9 Å². The second kappa shape index (κ2) is 5.06. The van der Waals surface area contributed by atoms with Crippen LogP contribution in [-0.2, 0) is 0 Å². The lowest BCUT2D eigenvalue weighted by atomic mass is 10.2. The normalized spacial score (nSPS) is 10.1. The van der Waals surface area contributed by atoms with Crippen LogP contribution in [0.5, 0.6) is 5.75 Å². The molecule has 0 amide bonds. The molecule has 0 aliphatic rings. The van der Waals surface area contributed by atoms with Gasteiger partial charge in [0, 0.05) is 17.6 Å². The molecule has 1 heterocycles. The standard InChI is InChI=1S/C13H13ClN2O/c1-9-7-10(3-4-12(9)17-2)16-11-5-6-15-13(14)8-11/h3-8H,1-2H3,(H,15,16). The zero-order valence-corrected chi connectivity index (χ0v) is 10.5. The number of nitrogens with one attached hydrogen (secondary N) is 1. The predicted molar refractivity (Wildman–Crippen MR) is 70.3 cm³/mol. The molecule has 0 radical (unpaired) electrons. The van der Waals surface area contributed by atoms with Gasteiger partial charge in [-0.2, -0.15) is 0 Å². The van der Waals surface area contributed by atoms with E-state index in [2.05, 4.69) is 10.3 Å². The van der Waals surface area contributed by atoms with Crippen LogP contribution in [-0.4, -0.2) is 12.1 Å². The largest absolute Gasteiger partial charge is 0.496 e. The molecule has 0 fully saturated rings. The van der Waals surface area contributed by atoms with Gasteiger partial charge in [-0.05, 0) is 42.8 Å². The summed E-state index contributed by atoms with van der Waals surface area (Å²) in [6, 6.07) is 9.56. The third kappa shape index (κ3) is 2.88. The molecule has 3 nitrogen and oxygen atoms in total. The van der Waals surface area contributed by atoms with E-state index in [1.807, 2.05) is 31.2 Å². The molecule has 1 N–H and O–H groups in total. The van der Waals surface area contributed by atoms with Gasteiger partial charge in [0.2, 0.25) is 0 Å². The van der Waals surface area contributed by atoms with Crippen molar-refractivity contribution >= 4 is 23.0 Å². The number of methoxy groups -OCH3 is 1. The highest BCUT2D eigenvalue weighted by atomic mass is 35.5. The Labute approximate surface area is 105 Å². The molecular formula is C13H13ClN2O. The van der Waals surface area contributed by atoms with Crippen molar-refractivity contribution in [1.29, 1.82) is 0 Å². The smallest absolute Gasteiger partial charge is 0.131 e. The Balaban J connectivity index is 2.22. The third-order valence-electron chi connectivity index (χ3n) is 2.41. The number of nitrogens with zero attached hydrogens (tertiary/aromatic N) is 1. The van der Waals surface area contributed by atoms with Crippen LogP contribution in [0.2, 0.25) is 5.15 Å². The Hall–Kier alpha value is -1.74. The summed E-state index contributed by atoms with van der Waals surface area (Å²) in [6.45, 7) is 2.00. The number of hydrogen-bond donors (Lipinski definition) is 1. The van der Waals surface area contributed by atoms with Crippen LogP contribution in [0, 0.1) is 6.92 Å². The minimum Gasteiger partial charge on any atom is -0.496 e. The fourth-order valence-corrected chi connectivity index (χ4v) is 1.78. The second-order valence-electron chi connectivity index (χ2n) is 3.68. The first-order chi connectivity index (χ1) is 8.19. The molecule has 0 saturated heterocycles. The maximum absolute atomic E-state index is 5.82. The van der Waals surface area contributed by atoms with Gasteiger partial charge in [0.05, 0.1) is 7.11 Å². The van der Waals surface area contributed by atoms with Crippen molar-refractivity contribution in [3.05, 3.63) is 47.2 Å². The van der Waals surface area contributed by atoms with Crippen molar-refractivity contribution < 1.29 is 4.74 Å². The number of hydrogen-bond acceptors (Lipinski definition) is 3. The average molecular weight is 249 g/mol. The lowest BCUT2D eigenvalue weighted by Gasteiger charge is -2.09. The highest BCUT2D eigenvalue weighted by Crippen LogP contribution is 2.24. The first-order valence-corrected chi connectivity index (χ1v) is 5.60. The quantitative estimate of drug-likeness (QED) is 0.839. The molecule has 88 valence electrons. The Morgan fingerprint density at radius 1 is 1.18 bits per heavy atom. The second-order valence-corrected chi connectivity index (χ2v) is 4.06. The number of pyridine rings is 1. The summed E-state index contributed by atoms with van der Waals surface area (Å²) in [6.07, 6.45) is 1.67. The summed E-state index contributed by atoms with van der Waals surface area (Å²) >= 11 is 5.82. The SMILES string of the molecule is COc1ccc(Nc2ccnc(Cl)c2)cc1C. The van der Waals surface area contributed by atoms with E-state index in [1.54, 1.807) is 19.4 Å². The Morgan fingerprint density at radius 2 is 1.94 bits per heavy atom. The minimum absolute atomic E-state index is 0.472. The topological polar surface area (TPSA) is 34.1 Å². The van der Waals surface area contributed by atoms with E-state index in [0.717, 1.165) is 22.7 Å². The van der Waals surface area contributed by atoms with Crippen molar-refractivity contribution in [3.63, 3.8) is 0 Å². The molecule has 0 aliphatic heterocycles. The summed E-state index contributed by atoms with van der Waals surface area (Å²) in [5.74, 6) is 0.878. The van der Waals surface area contributed by atoms with Gasteiger partial charge in [0.15, 0.2) is 0 Å². The minimum atomic E-state index is 0.472. The van der Waals surface area contributed by atoms with Crippen molar-refractivity contribution in [2.45, 2.75) is 6.92 Å². The lowest BCUT2D eigenvalue weighted by molar-refractivity contribution is 0.412. The molecule has 2 aromatic rings. The summed E-state index contributed by atoms with van der Waals surface area (Å²) in [4.78, 5) is 3.93. The Bertz CT molecular complexity index is 529. The van der Waals surface area contributed by atoms with Crippen LogP contribution in [0.4, 0.5) is 11.4 Å². The van der Waals surface area contributed by atoms with Crippen molar-refractivity contribution in [1.82, 2.24) is 4.98 Å². The average Bonchev–Trinajstić information content (AvgIpc) is 2.29. The van der Waals surface area contributed by atoms with Gasteiger partial charge in [-0.3, -0.25) is 0 Å².